The first-order chi connectivity index (χ1) is 22.8. The highest BCUT2D eigenvalue weighted by Crippen LogP contribution is 2.35. The first-order valence-electron chi connectivity index (χ1n) is 15.2. The predicted molar refractivity (Wildman–Crippen MR) is 182 cm³/mol. The molecular formula is C40H27N5O. The van der Waals surface area contributed by atoms with E-state index in [1.807, 2.05) is 67.0 Å². The minimum absolute atomic E-state index is 0.739. The van der Waals surface area contributed by atoms with Gasteiger partial charge in [0.1, 0.15) is 11.5 Å². The maximum Gasteiger partial charge on any atom is 0.269 e. The highest BCUT2D eigenvalue weighted by atomic mass is 16.5. The Hall–Kier alpha value is -6.40. The summed E-state index contributed by atoms with van der Waals surface area (Å²) in [5.74, 6) is 2.30. The van der Waals surface area contributed by atoms with Crippen molar-refractivity contribution < 1.29 is 9.30 Å². The number of para-hydroxylation sites is 5. The van der Waals surface area contributed by atoms with E-state index in [2.05, 4.69) is 122 Å². The molecule has 6 nitrogen and oxygen atoms in total. The van der Waals surface area contributed by atoms with Crippen molar-refractivity contribution in [1.82, 2.24) is 18.7 Å². The van der Waals surface area contributed by atoms with Crippen LogP contribution in [-0.4, -0.2) is 18.7 Å². The molecule has 0 atom stereocenters. The molecule has 0 amide bonds. The number of imidazole rings is 2. The van der Waals surface area contributed by atoms with Gasteiger partial charge < -0.3 is 4.74 Å². The fourth-order valence-corrected chi connectivity index (χ4v) is 6.32. The third kappa shape index (κ3) is 4.27. The number of fused-ring (bicyclic) bond motifs is 4. The van der Waals surface area contributed by atoms with Crippen molar-refractivity contribution >= 4 is 32.8 Å². The van der Waals surface area contributed by atoms with Gasteiger partial charge in [0, 0.05) is 34.9 Å². The van der Waals surface area contributed by atoms with Crippen LogP contribution in [0.5, 0.6) is 11.5 Å². The molecule has 6 aromatic carbocycles. The van der Waals surface area contributed by atoms with Crippen LogP contribution in [0.1, 0.15) is 0 Å². The lowest BCUT2D eigenvalue weighted by molar-refractivity contribution is -0.572. The summed E-state index contributed by atoms with van der Waals surface area (Å²) >= 11 is 0. The van der Waals surface area contributed by atoms with Crippen molar-refractivity contribution in [3.05, 3.63) is 170 Å². The van der Waals surface area contributed by atoms with Crippen molar-refractivity contribution in [1.29, 1.82) is 0 Å². The molecule has 0 bridgehead atoms. The molecule has 0 aliphatic rings. The van der Waals surface area contributed by atoms with Crippen LogP contribution in [0.3, 0.4) is 0 Å². The van der Waals surface area contributed by atoms with Crippen LogP contribution in [0.15, 0.2) is 164 Å². The molecular weight excluding hydrogens is 566 g/mol. The molecule has 9 rings (SSSR count). The fourth-order valence-electron chi connectivity index (χ4n) is 6.32. The number of aromatic nitrogens is 5. The number of hydrogen-bond donors (Lipinski definition) is 0. The highest BCUT2D eigenvalue weighted by Gasteiger charge is 2.18. The molecule has 6 heteroatoms. The summed E-state index contributed by atoms with van der Waals surface area (Å²) in [4.78, 5) is 4.82. The minimum atomic E-state index is 0.739. The molecule has 0 aliphatic heterocycles. The van der Waals surface area contributed by atoms with E-state index in [4.69, 9.17) is 9.72 Å². The van der Waals surface area contributed by atoms with Gasteiger partial charge in [0.15, 0.2) is 0 Å². The second kappa shape index (κ2) is 10.6. The molecule has 0 N–H and O–H groups in total. The van der Waals surface area contributed by atoms with Gasteiger partial charge in [0.2, 0.25) is 5.95 Å². The van der Waals surface area contributed by atoms with Crippen LogP contribution in [0.4, 0.5) is 0 Å². The minimum Gasteiger partial charge on any atom is -0.458 e. The van der Waals surface area contributed by atoms with Crippen molar-refractivity contribution in [2.45, 2.75) is 0 Å². The molecule has 3 aromatic heterocycles. The Labute approximate surface area is 265 Å². The maximum absolute atomic E-state index is 6.56. The lowest BCUT2D eigenvalue weighted by Crippen LogP contribution is -2.29. The summed E-state index contributed by atoms with van der Waals surface area (Å²) in [6.07, 6.45) is 7.41. The monoisotopic (exact) mass is 593 g/mol. The summed E-state index contributed by atoms with van der Waals surface area (Å²) in [7, 11) is 0. The first kappa shape index (κ1) is 26.0. The fraction of sp³-hybridized carbons (Fsp3) is 0. The van der Waals surface area contributed by atoms with E-state index >= 15 is 0 Å². The van der Waals surface area contributed by atoms with Crippen LogP contribution in [0.2, 0.25) is 0 Å². The SMILES string of the molecule is [c-]1n(-c2cccc(Oc3ccc4c5ccccc5n(-c5nccn5-c5ccccc5)c4c3)c2)c2ccccc2[n+]1-c1ccccc1. The summed E-state index contributed by atoms with van der Waals surface area (Å²) in [5, 5.41) is 2.30. The standard InChI is InChI=1S/C40H27N5O/c1-3-12-29(13-4-1)42-25-24-41-40(42)45-36-19-8-7-18-34(36)35-23-22-33(27-39(35)45)46-32-17-11-16-31(26-32)44-28-43(30-14-5-2-6-15-30)37-20-9-10-21-38(37)44/h1-27H. The molecule has 0 aliphatic carbocycles. The topological polar surface area (TPSA) is 40.8 Å². The third-order valence-corrected chi connectivity index (χ3v) is 8.39. The average Bonchev–Trinajstić information content (AvgIpc) is 3.83. The molecule has 0 fully saturated rings. The van der Waals surface area contributed by atoms with Crippen LogP contribution >= 0.6 is 0 Å². The Kier molecular flexibility index (Phi) is 6.03. The molecule has 0 saturated carbocycles. The lowest BCUT2D eigenvalue weighted by Gasteiger charge is -2.12. The first-order valence-corrected chi connectivity index (χ1v) is 15.2. The molecule has 0 radical (unpaired) electrons. The van der Waals surface area contributed by atoms with Gasteiger partial charge in [-0.2, -0.15) is 0 Å². The van der Waals surface area contributed by atoms with Gasteiger partial charge in [-0.15, -0.1) is 0 Å². The Morgan fingerprint density at radius 2 is 1.26 bits per heavy atom. The second-order valence-corrected chi connectivity index (χ2v) is 11.2. The van der Waals surface area contributed by atoms with Gasteiger partial charge in [-0.05, 0) is 60.7 Å². The Balaban J connectivity index is 1.14. The molecule has 0 unspecified atom stereocenters. The molecule has 0 spiro atoms. The zero-order valence-electron chi connectivity index (χ0n) is 24.7. The van der Waals surface area contributed by atoms with E-state index < -0.39 is 0 Å². The van der Waals surface area contributed by atoms with Crippen LogP contribution < -0.4 is 9.30 Å². The van der Waals surface area contributed by atoms with Crippen molar-refractivity contribution in [3.63, 3.8) is 0 Å². The average molecular weight is 594 g/mol. The highest BCUT2D eigenvalue weighted by molar-refractivity contribution is 6.09. The predicted octanol–water partition coefficient (Wildman–Crippen LogP) is 8.78. The molecule has 3 heterocycles. The summed E-state index contributed by atoms with van der Waals surface area (Å²) in [5.41, 5.74) is 7.31. The van der Waals surface area contributed by atoms with E-state index in [1.165, 1.54) is 0 Å². The van der Waals surface area contributed by atoms with Crippen molar-refractivity contribution in [3.8, 4) is 34.5 Å². The van der Waals surface area contributed by atoms with Gasteiger partial charge in [-0.3, -0.25) is 18.3 Å². The second-order valence-electron chi connectivity index (χ2n) is 11.2. The normalized spacial score (nSPS) is 11.5. The smallest absolute Gasteiger partial charge is 0.269 e. The molecule has 46 heavy (non-hydrogen) atoms. The zero-order valence-corrected chi connectivity index (χ0v) is 24.7. The lowest BCUT2D eigenvalue weighted by atomic mass is 10.1. The van der Waals surface area contributed by atoms with E-state index in [0.29, 0.717) is 0 Å². The number of rotatable bonds is 6. The summed E-state index contributed by atoms with van der Waals surface area (Å²) in [6.45, 7) is 0. The third-order valence-electron chi connectivity index (χ3n) is 8.39. The zero-order chi connectivity index (χ0) is 30.5. The Morgan fingerprint density at radius 1 is 0.565 bits per heavy atom. The number of hydrogen-bond acceptors (Lipinski definition) is 2. The number of ether oxygens (including phenoxy) is 1. The van der Waals surface area contributed by atoms with Crippen LogP contribution in [0.25, 0.3) is 55.8 Å². The summed E-state index contributed by atoms with van der Waals surface area (Å²) < 4.78 is 15.1. The molecule has 9 aromatic rings. The van der Waals surface area contributed by atoms with Gasteiger partial charge in [0.05, 0.1) is 33.4 Å². The molecule has 0 saturated heterocycles. The number of nitrogens with zero attached hydrogens (tertiary/aromatic N) is 5. The largest absolute Gasteiger partial charge is 0.458 e. The Bertz CT molecular complexity index is 2510. The molecule has 218 valence electrons. The van der Waals surface area contributed by atoms with Crippen molar-refractivity contribution in [2.24, 2.45) is 0 Å². The van der Waals surface area contributed by atoms with Gasteiger partial charge >= 0.3 is 0 Å². The Morgan fingerprint density at radius 3 is 2.13 bits per heavy atom. The summed E-state index contributed by atoms with van der Waals surface area (Å²) in [6, 6.07) is 51.8. The van der Waals surface area contributed by atoms with E-state index in [9.17, 15) is 0 Å². The van der Waals surface area contributed by atoms with Gasteiger partial charge in [-0.25, -0.2) is 4.98 Å². The van der Waals surface area contributed by atoms with Gasteiger partial charge in [-0.1, -0.05) is 84.9 Å². The van der Waals surface area contributed by atoms with E-state index in [-0.39, 0.29) is 0 Å². The van der Waals surface area contributed by atoms with E-state index in [0.717, 1.165) is 67.3 Å². The maximum atomic E-state index is 6.56. The van der Waals surface area contributed by atoms with Gasteiger partial charge in [0.25, 0.3) is 6.33 Å². The quantitative estimate of drug-likeness (QED) is 0.143. The van der Waals surface area contributed by atoms with Crippen molar-refractivity contribution in [2.75, 3.05) is 0 Å². The number of benzene rings is 6. The van der Waals surface area contributed by atoms with Crippen LogP contribution in [-0.2, 0) is 0 Å². The van der Waals surface area contributed by atoms with Crippen LogP contribution in [0, 0.1) is 6.33 Å². The van der Waals surface area contributed by atoms with E-state index in [1.54, 1.807) is 0 Å².